The zero-order valence-electron chi connectivity index (χ0n) is 9.96. The number of carbonyl (C=O) groups excluding carboxylic acids is 1. The highest BCUT2D eigenvalue weighted by molar-refractivity contribution is 6.18. The predicted octanol–water partition coefficient (Wildman–Crippen LogP) is 1.73. The fourth-order valence-corrected chi connectivity index (χ4v) is 1.72. The molecule has 5 heteroatoms. The Hall–Kier alpha value is -1.03. The van der Waals surface area contributed by atoms with Crippen LogP contribution in [-0.4, -0.2) is 27.6 Å². The number of hydrogen-bond acceptors (Lipinski definition) is 2. The van der Waals surface area contributed by atoms with Crippen LogP contribution >= 0.6 is 11.6 Å². The standard InChI is InChI=1S/C11H18ClN3O/c1-4-8-6-10(15(3)14-8)11(16)13-9(5-2)7-12/h6,9H,4-5,7H2,1-3H3,(H,13,16). The lowest BCUT2D eigenvalue weighted by Gasteiger charge is -2.13. The summed E-state index contributed by atoms with van der Waals surface area (Å²) >= 11 is 5.73. The van der Waals surface area contributed by atoms with E-state index in [0.717, 1.165) is 18.5 Å². The molecule has 0 aliphatic carbocycles. The van der Waals surface area contributed by atoms with Gasteiger partial charge in [-0.2, -0.15) is 5.10 Å². The van der Waals surface area contributed by atoms with Gasteiger partial charge in [0.25, 0.3) is 5.91 Å². The monoisotopic (exact) mass is 243 g/mol. The van der Waals surface area contributed by atoms with E-state index >= 15 is 0 Å². The molecule has 0 radical (unpaired) electrons. The number of amides is 1. The first kappa shape index (κ1) is 13.0. The number of aryl methyl sites for hydroxylation is 2. The fraction of sp³-hybridized carbons (Fsp3) is 0.636. The molecule has 4 nitrogen and oxygen atoms in total. The number of rotatable bonds is 5. The molecule has 1 unspecified atom stereocenters. The first-order valence-electron chi connectivity index (χ1n) is 5.52. The average molecular weight is 244 g/mol. The molecule has 1 atom stereocenters. The van der Waals surface area contributed by atoms with Gasteiger partial charge >= 0.3 is 0 Å². The first-order chi connectivity index (χ1) is 7.62. The van der Waals surface area contributed by atoms with Crippen LogP contribution in [0, 0.1) is 0 Å². The van der Waals surface area contributed by atoms with Crippen LogP contribution in [0.25, 0.3) is 0 Å². The van der Waals surface area contributed by atoms with E-state index in [-0.39, 0.29) is 11.9 Å². The third-order valence-corrected chi connectivity index (χ3v) is 2.91. The van der Waals surface area contributed by atoms with Crippen molar-refractivity contribution in [2.75, 3.05) is 5.88 Å². The molecule has 0 aliphatic rings. The van der Waals surface area contributed by atoms with Crippen LogP contribution in [0.1, 0.15) is 36.5 Å². The van der Waals surface area contributed by atoms with Crippen molar-refractivity contribution in [3.63, 3.8) is 0 Å². The molecule has 1 aromatic rings. The van der Waals surface area contributed by atoms with Crippen LogP contribution < -0.4 is 5.32 Å². The summed E-state index contributed by atoms with van der Waals surface area (Å²) in [5.41, 5.74) is 1.51. The van der Waals surface area contributed by atoms with Gasteiger partial charge in [0.1, 0.15) is 5.69 Å². The van der Waals surface area contributed by atoms with Gasteiger partial charge in [0.2, 0.25) is 0 Å². The summed E-state index contributed by atoms with van der Waals surface area (Å²) in [7, 11) is 1.77. The highest BCUT2D eigenvalue weighted by Crippen LogP contribution is 2.05. The second kappa shape index (κ2) is 5.89. The van der Waals surface area contributed by atoms with Gasteiger partial charge in [0.05, 0.1) is 5.69 Å². The maximum atomic E-state index is 11.9. The SMILES string of the molecule is CCc1cc(C(=O)NC(CC)CCl)n(C)n1. The van der Waals surface area contributed by atoms with Gasteiger partial charge in [-0.05, 0) is 18.9 Å². The minimum atomic E-state index is -0.109. The zero-order valence-corrected chi connectivity index (χ0v) is 10.7. The highest BCUT2D eigenvalue weighted by Gasteiger charge is 2.15. The Morgan fingerprint density at radius 2 is 2.31 bits per heavy atom. The molecule has 1 heterocycles. The molecule has 0 aromatic carbocycles. The van der Waals surface area contributed by atoms with Crippen LogP contribution in [0.15, 0.2) is 6.07 Å². The van der Waals surface area contributed by atoms with Gasteiger partial charge < -0.3 is 5.32 Å². The number of hydrogen-bond donors (Lipinski definition) is 1. The molecule has 0 bridgehead atoms. The second-order valence-electron chi connectivity index (χ2n) is 3.73. The van der Waals surface area contributed by atoms with Crippen LogP contribution in [0.5, 0.6) is 0 Å². The van der Waals surface area contributed by atoms with Crippen molar-refractivity contribution in [1.29, 1.82) is 0 Å². The molecule has 0 spiro atoms. The van der Waals surface area contributed by atoms with Gasteiger partial charge in [-0.3, -0.25) is 9.48 Å². The molecule has 1 amide bonds. The Balaban J connectivity index is 2.75. The largest absolute Gasteiger partial charge is 0.347 e. The summed E-state index contributed by atoms with van der Waals surface area (Å²) in [4.78, 5) is 11.9. The number of alkyl halides is 1. The molecule has 90 valence electrons. The molecular weight excluding hydrogens is 226 g/mol. The molecule has 0 fully saturated rings. The second-order valence-corrected chi connectivity index (χ2v) is 4.04. The minimum absolute atomic E-state index is 0.0224. The lowest BCUT2D eigenvalue weighted by molar-refractivity contribution is 0.0930. The molecule has 1 N–H and O–H groups in total. The first-order valence-corrected chi connectivity index (χ1v) is 6.05. The summed E-state index contributed by atoms with van der Waals surface area (Å²) in [5.74, 6) is 0.322. The van der Waals surface area contributed by atoms with Crippen LogP contribution in [0.2, 0.25) is 0 Å². The summed E-state index contributed by atoms with van der Waals surface area (Å²) < 4.78 is 1.61. The summed E-state index contributed by atoms with van der Waals surface area (Å²) in [6.45, 7) is 4.01. The van der Waals surface area contributed by atoms with Gasteiger partial charge in [-0.25, -0.2) is 0 Å². The Kier molecular flexibility index (Phi) is 4.80. The van der Waals surface area contributed by atoms with Crippen LogP contribution in [0.3, 0.4) is 0 Å². The van der Waals surface area contributed by atoms with E-state index in [1.807, 2.05) is 19.9 Å². The van der Waals surface area contributed by atoms with E-state index in [9.17, 15) is 4.79 Å². The molecule has 1 rings (SSSR count). The van der Waals surface area contributed by atoms with Crippen LogP contribution in [0.4, 0.5) is 0 Å². The van der Waals surface area contributed by atoms with E-state index in [1.165, 1.54) is 0 Å². The van der Waals surface area contributed by atoms with Crippen molar-refractivity contribution < 1.29 is 4.79 Å². The average Bonchev–Trinajstić information content (AvgIpc) is 2.67. The minimum Gasteiger partial charge on any atom is -0.347 e. The smallest absolute Gasteiger partial charge is 0.269 e. The highest BCUT2D eigenvalue weighted by atomic mass is 35.5. The Labute approximate surface area is 101 Å². The summed E-state index contributed by atoms with van der Waals surface area (Å²) in [6.07, 6.45) is 1.65. The quantitative estimate of drug-likeness (QED) is 0.801. The molecule has 0 aliphatic heterocycles. The molecule has 1 aromatic heterocycles. The predicted molar refractivity (Wildman–Crippen MR) is 64.9 cm³/mol. The lowest BCUT2D eigenvalue weighted by atomic mass is 10.2. The van der Waals surface area contributed by atoms with Gasteiger partial charge in [0.15, 0.2) is 0 Å². The maximum absolute atomic E-state index is 11.9. The number of nitrogens with one attached hydrogen (secondary N) is 1. The normalized spacial score (nSPS) is 12.5. The van der Waals surface area contributed by atoms with Crippen molar-refractivity contribution in [2.45, 2.75) is 32.7 Å². The van der Waals surface area contributed by atoms with E-state index in [2.05, 4.69) is 10.4 Å². The van der Waals surface area contributed by atoms with Gasteiger partial charge in [0, 0.05) is 19.0 Å². The van der Waals surface area contributed by atoms with Crippen molar-refractivity contribution in [2.24, 2.45) is 7.05 Å². The van der Waals surface area contributed by atoms with E-state index in [0.29, 0.717) is 11.6 Å². The van der Waals surface area contributed by atoms with Crippen molar-refractivity contribution >= 4 is 17.5 Å². The number of halogens is 1. The fourth-order valence-electron chi connectivity index (χ4n) is 1.42. The molecule has 0 saturated carbocycles. The lowest BCUT2D eigenvalue weighted by Crippen LogP contribution is -2.36. The molecule has 0 saturated heterocycles. The number of nitrogens with zero attached hydrogens (tertiary/aromatic N) is 2. The number of carbonyl (C=O) groups is 1. The summed E-state index contributed by atoms with van der Waals surface area (Å²) in [6, 6.07) is 1.84. The Morgan fingerprint density at radius 1 is 1.62 bits per heavy atom. The Bertz CT molecular complexity index is 358. The molecular formula is C11H18ClN3O. The van der Waals surface area contributed by atoms with Gasteiger partial charge in [-0.1, -0.05) is 13.8 Å². The van der Waals surface area contributed by atoms with Crippen molar-refractivity contribution in [3.05, 3.63) is 17.5 Å². The van der Waals surface area contributed by atoms with Crippen LogP contribution in [-0.2, 0) is 13.5 Å². The van der Waals surface area contributed by atoms with E-state index in [4.69, 9.17) is 11.6 Å². The third-order valence-electron chi connectivity index (χ3n) is 2.54. The summed E-state index contributed by atoms with van der Waals surface area (Å²) in [5, 5.41) is 7.11. The van der Waals surface area contributed by atoms with Gasteiger partial charge in [-0.15, -0.1) is 11.6 Å². The van der Waals surface area contributed by atoms with E-state index in [1.54, 1.807) is 11.7 Å². The zero-order chi connectivity index (χ0) is 12.1. The Morgan fingerprint density at radius 3 is 2.75 bits per heavy atom. The van der Waals surface area contributed by atoms with Crippen molar-refractivity contribution in [1.82, 2.24) is 15.1 Å². The number of aromatic nitrogens is 2. The van der Waals surface area contributed by atoms with Crippen molar-refractivity contribution in [3.8, 4) is 0 Å². The maximum Gasteiger partial charge on any atom is 0.269 e. The molecule has 16 heavy (non-hydrogen) atoms. The topological polar surface area (TPSA) is 46.9 Å². The van der Waals surface area contributed by atoms with E-state index < -0.39 is 0 Å². The third kappa shape index (κ3) is 2.98.